The van der Waals surface area contributed by atoms with Gasteiger partial charge in [-0.15, -0.1) is 0 Å². The van der Waals surface area contributed by atoms with Gasteiger partial charge in [0, 0.05) is 41.2 Å². The summed E-state index contributed by atoms with van der Waals surface area (Å²) in [6, 6.07) is 4.59. The van der Waals surface area contributed by atoms with Crippen LogP contribution >= 0.6 is 0 Å². The summed E-state index contributed by atoms with van der Waals surface area (Å²) in [4.78, 5) is 49.2. The molecule has 2 N–H and O–H groups in total. The topological polar surface area (TPSA) is 121 Å². The number of nitrogens with zero attached hydrogens (tertiary/aromatic N) is 1. The zero-order valence-corrected chi connectivity index (χ0v) is 20.4. The Morgan fingerprint density at radius 3 is 2.29 bits per heavy atom. The van der Waals surface area contributed by atoms with E-state index in [-0.39, 0.29) is 31.2 Å². The Morgan fingerprint density at radius 1 is 1.00 bits per heavy atom. The number of carbonyl (C=O) groups is 4. The SMILES string of the molecule is O=C(O)CCCCCCCCCCCS(=O)c1cccc2c1CN(C1CCC(=O)NC1=O)C2=O. The quantitative estimate of drug-likeness (QED) is 0.304. The molecule has 2 aliphatic rings. The lowest BCUT2D eigenvalue weighted by Crippen LogP contribution is -2.52. The summed E-state index contributed by atoms with van der Waals surface area (Å²) in [5.74, 6) is -1.19. The number of carboxylic acid groups (broad SMARTS) is 1. The molecule has 1 aromatic carbocycles. The van der Waals surface area contributed by atoms with Gasteiger partial charge < -0.3 is 10.0 Å². The van der Waals surface area contributed by atoms with Gasteiger partial charge in [-0.05, 0) is 31.4 Å². The molecule has 0 radical (unpaired) electrons. The number of fused-ring (bicyclic) bond motifs is 1. The second-order valence-corrected chi connectivity index (χ2v) is 10.6. The third-order valence-corrected chi connectivity index (χ3v) is 8.04. The maximum Gasteiger partial charge on any atom is 0.303 e. The maximum absolute atomic E-state index is 13.0. The van der Waals surface area contributed by atoms with Crippen LogP contribution in [0.4, 0.5) is 0 Å². The smallest absolute Gasteiger partial charge is 0.303 e. The molecule has 3 amide bonds. The number of imide groups is 1. The molecule has 0 aliphatic carbocycles. The standard InChI is InChI=1S/C25H34N2O6S/c28-22-15-14-20(24(31)26-22)27-17-19-18(25(27)32)11-10-12-21(19)34(33)16-9-7-5-3-1-2-4-6-8-13-23(29)30/h10-12,20H,1-9,13-17H2,(H,29,30)(H,26,28,31). The summed E-state index contributed by atoms with van der Waals surface area (Å²) in [5.41, 5.74) is 1.23. The number of hydrogen-bond acceptors (Lipinski definition) is 5. The normalized spacial score (nSPS) is 18.6. The number of unbranched alkanes of at least 4 members (excludes halogenated alkanes) is 8. The van der Waals surface area contributed by atoms with E-state index < -0.39 is 28.7 Å². The summed E-state index contributed by atoms with van der Waals surface area (Å²) < 4.78 is 13.0. The van der Waals surface area contributed by atoms with Gasteiger partial charge in [0.25, 0.3) is 5.91 Å². The molecule has 2 atom stereocenters. The van der Waals surface area contributed by atoms with Crippen molar-refractivity contribution in [2.45, 2.75) is 94.5 Å². The number of piperidine rings is 1. The van der Waals surface area contributed by atoms with Crippen LogP contribution in [0, 0.1) is 0 Å². The molecule has 8 nitrogen and oxygen atoms in total. The van der Waals surface area contributed by atoms with E-state index in [9.17, 15) is 23.4 Å². The van der Waals surface area contributed by atoms with Crippen molar-refractivity contribution in [3.63, 3.8) is 0 Å². The predicted octanol–water partition coefficient (Wildman–Crippen LogP) is 3.54. The summed E-state index contributed by atoms with van der Waals surface area (Å²) in [6.07, 6.45) is 9.89. The van der Waals surface area contributed by atoms with Crippen LogP contribution in [0.3, 0.4) is 0 Å². The lowest BCUT2D eigenvalue weighted by atomic mass is 10.0. The summed E-state index contributed by atoms with van der Waals surface area (Å²) in [7, 11) is -1.21. The van der Waals surface area contributed by atoms with E-state index in [2.05, 4.69) is 5.32 Å². The minimum Gasteiger partial charge on any atom is -0.481 e. The van der Waals surface area contributed by atoms with Crippen molar-refractivity contribution >= 4 is 34.5 Å². The first-order valence-corrected chi connectivity index (χ1v) is 13.6. The molecule has 2 heterocycles. The van der Waals surface area contributed by atoms with Crippen LogP contribution < -0.4 is 5.32 Å². The maximum atomic E-state index is 13.0. The average Bonchev–Trinajstić information content (AvgIpc) is 3.13. The third-order valence-electron chi connectivity index (χ3n) is 6.50. The van der Waals surface area contributed by atoms with Crippen molar-refractivity contribution in [1.82, 2.24) is 10.2 Å². The first-order chi connectivity index (χ1) is 16.4. The zero-order valence-electron chi connectivity index (χ0n) is 19.6. The van der Waals surface area contributed by atoms with Gasteiger partial charge >= 0.3 is 5.97 Å². The second-order valence-electron chi connectivity index (χ2n) is 9.06. The highest BCUT2D eigenvalue weighted by Crippen LogP contribution is 2.31. The number of hydrogen-bond donors (Lipinski definition) is 2. The summed E-state index contributed by atoms with van der Waals surface area (Å²) >= 11 is 0. The van der Waals surface area contributed by atoms with E-state index >= 15 is 0 Å². The molecule has 0 bridgehead atoms. The third kappa shape index (κ3) is 6.98. The fourth-order valence-corrected chi connectivity index (χ4v) is 5.99. The number of carboxylic acids is 1. The second kappa shape index (κ2) is 12.8. The minimum atomic E-state index is -1.21. The molecule has 0 aromatic heterocycles. The molecule has 2 aliphatic heterocycles. The van der Waals surface area contributed by atoms with E-state index in [1.54, 1.807) is 18.2 Å². The molecule has 1 fully saturated rings. The predicted molar refractivity (Wildman–Crippen MR) is 128 cm³/mol. The monoisotopic (exact) mass is 490 g/mol. The first kappa shape index (κ1) is 26.1. The van der Waals surface area contributed by atoms with Gasteiger partial charge in [0.2, 0.25) is 11.8 Å². The number of amides is 3. The van der Waals surface area contributed by atoms with Crippen LogP contribution in [0.25, 0.3) is 0 Å². The molecule has 2 unspecified atom stereocenters. The molecule has 186 valence electrons. The highest BCUT2D eigenvalue weighted by atomic mass is 32.2. The van der Waals surface area contributed by atoms with Gasteiger partial charge in [0.05, 0.1) is 10.8 Å². The Labute approximate surface area is 202 Å². The molecule has 1 aromatic rings. The minimum absolute atomic E-state index is 0.208. The van der Waals surface area contributed by atoms with Crippen molar-refractivity contribution in [2.75, 3.05) is 5.75 Å². The fraction of sp³-hybridized carbons (Fsp3) is 0.600. The highest BCUT2D eigenvalue weighted by molar-refractivity contribution is 7.85. The average molecular weight is 491 g/mol. The van der Waals surface area contributed by atoms with Gasteiger partial charge in [0.15, 0.2) is 0 Å². The van der Waals surface area contributed by atoms with Gasteiger partial charge in [0.1, 0.15) is 6.04 Å². The van der Waals surface area contributed by atoms with Crippen LogP contribution in [-0.4, -0.2) is 49.7 Å². The molecule has 1 saturated heterocycles. The van der Waals surface area contributed by atoms with Crippen LogP contribution in [0.2, 0.25) is 0 Å². The largest absolute Gasteiger partial charge is 0.481 e. The number of rotatable bonds is 14. The Bertz CT molecular complexity index is 947. The van der Waals surface area contributed by atoms with Crippen molar-refractivity contribution in [3.05, 3.63) is 29.3 Å². The van der Waals surface area contributed by atoms with E-state index in [1.807, 2.05) is 0 Å². The molecular weight excluding hydrogens is 456 g/mol. The number of benzene rings is 1. The van der Waals surface area contributed by atoms with E-state index in [4.69, 9.17) is 5.11 Å². The van der Waals surface area contributed by atoms with Crippen LogP contribution in [0.15, 0.2) is 23.1 Å². The molecule has 0 spiro atoms. The number of nitrogens with one attached hydrogen (secondary N) is 1. The van der Waals surface area contributed by atoms with E-state index in [0.717, 1.165) is 63.4 Å². The summed E-state index contributed by atoms with van der Waals surface area (Å²) in [6.45, 7) is 0.245. The van der Waals surface area contributed by atoms with E-state index in [1.165, 1.54) is 4.90 Å². The van der Waals surface area contributed by atoms with Gasteiger partial charge in [-0.25, -0.2) is 0 Å². The highest BCUT2D eigenvalue weighted by Gasteiger charge is 2.40. The van der Waals surface area contributed by atoms with Gasteiger partial charge in [-0.2, -0.15) is 0 Å². The van der Waals surface area contributed by atoms with Crippen LogP contribution in [0.5, 0.6) is 0 Å². The zero-order chi connectivity index (χ0) is 24.5. The Hall–Kier alpha value is -2.55. The Kier molecular flexibility index (Phi) is 9.80. The van der Waals surface area contributed by atoms with Crippen LogP contribution in [0.1, 0.15) is 93.0 Å². The summed E-state index contributed by atoms with van der Waals surface area (Å²) in [5, 5.41) is 10.9. The van der Waals surface area contributed by atoms with Gasteiger partial charge in [-0.1, -0.05) is 51.0 Å². The Balaban J connectivity index is 1.40. The van der Waals surface area contributed by atoms with Gasteiger partial charge in [-0.3, -0.25) is 28.7 Å². The van der Waals surface area contributed by atoms with E-state index in [0.29, 0.717) is 22.6 Å². The fourth-order valence-electron chi connectivity index (χ4n) is 4.63. The van der Waals surface area contributed by atoms with Crippen molar-refractivity contribution in [3.8, 4) is 0 Å². The van der Waals surface area contributed by atoms with Crippen molar-refractivity contribution in [2.24, 2.45) is 0 Å². The lowest BCUT2D eigenvalue weighted by Gasteiger charge is -2.29. The molecule has 0 saturated carbocycles. The molecule has 34 heavy (non-hydrogen) atoms. The molecule has 3 rings (SSSR count). The number of carbonyl (C=O) groups excluding carboxylic acids is 3. The van der Waals surface area contributed by atoms with Crippen molar-refractivity contribution < 1.29 is 28.5 Å². The van der Waals surface area contributed by atoms with Crippen molar-refractivity contribution in [1.29, 1.82) is 0 Å². The number of aliphatic carboxylic acids is 1. The first-order valence-electron chi connectivity index (χ1n) is 12.2. The molecule has 9 heteroatoms. The Morgan fingerprint density at radius 2 is 1.65 bits per heavy atom. The molecular formula is C25H34N2O6S. The lowest BCUT2D eigenvalue weighted by molar-refractivity contribution is -0.138. The van der Waals surface area contributed by atoms with Crippen LogP contribution in [-0.2, 0) is 31.7 Å².